The first-order chi connectivity index (χ1) is 16.1. The van der Waals surface area contributed by atoms with Gasteiger partial charge in [-0.25, -0.2) is 4.98 Å². The summed E-state index contributed by atoms with van der Waals surface area (Å²) < 4.78 is 0. The van der Waals surface area contributed by atoms with E-state index in [2.05, 4.69) is 31.9 Å². The number of nitrogens with zero attached hydrogens (tertiary/aromatic N) is 3. The van der Waals surface area contributed by atoms with Crippen molar-refractivity contribution in [2.45, 2.75) is 38.5 Å². The molecular weight excluding hydrogens is 420 g/mol. The number of benzene rings is 1. The summed E-state index contributed by atoms with van der Waals surface area (Å²) >= 11 is 0. The Morgan fingerprint density at radius 2 is 1.82 bits per heavy atom. The van der Waals surface area contributed by atoms with Gasteiger partial charge < -0.3 is 20.4 Å². The van der Waals surface area contributed by atoms with Crippen molar-refractivity contribution >= 4 is 23.5 Å². The van der Waals surface area contributed by atoms with Crippen LogP contribution in [0.4, 0.5) is 5.82 Å². The summed E-state index contributed by atoms with van der Waals surface area (Å²) in [4.78, 5) is 44.9. The second kappa shape index (κ2) is 9.29. The van der Waals surface area contributed by atoms with Gasteiger partial charge in [0.05, 0.1) is 0 Å². The number of hydrogen-bond donors (Lipinski definition) is 3. The lowest BCUT2D eigenvalue weighted by molar-refractivity contribution is -0.136. The minimum atomic E-state index is -0.583. The van der Waals surface area contributed by atoms with E-state index in [1.807, 2.05) is 30.5 Å². The van der Waals surface area contributed by atoms with Gasteiger partial charge in [-0.3, -0.25) is 19.7 Å². The molecule has 1 unspecified atom stereocenters. The normalized spacial score (nSPS) is 20.7. The van der Waals surface area contributed by atoms with Crippen LogP contribution in [0.1, 0.15) is 39.9 Å². The Balaban J connectivity index is 1.19. The highest BCUT2D eigenvalue weighted by Crippen LogP contribution is 2.28. The molecule has 0 radical (unpaired) electrons. The van der Waals surface area contributed by atoms with E-state index in [0.717, 1.165) is 49.7 Å². The van der Waals surface area contributed by atoms with Crippen LogP contribution in [0.25, 0.3) is 0 Å². The molecule has 1 aromatic heterocycles. The fourth-order valence-electron chi connectivity index (χ4n) is 4.73. The smallest absolute Gasteiger partial charge is 0.255 e. The van der Waals surface area contributed by atoms with Crippen molar-refractivity contribution in [2.24, 2.45) is 0 Å². The SMILES string of the molecule is O=C1CCC(N2Cc3cc(CNCc4ccnc(N5CCNCC5)c4)ccc3C2=O)C(=O)N1. The Morgan fingerprint density at radius 3 is 2.61 bits per heavy atom. The van der Waals surface area contributed by atoms with Crippen molar-refractivity contribution in [1.29, 1.82) is 0 Å². The van der Waals surface area contributed by atoms with E-state index in [-0.39, 0.29) is 24.1 Å². The van der Waals surface area contributed by atoms with Gasteiger partial charge in [-0.05, 0) is 41.3 Å². The predicted octanol–water partition coefficient (Wildman–Crippen LogP) is 0.542. The van der Waals surface area contributed by atoms with Crippen molar-refractivity contribution < 1.29 is 14.4 Å². The van der Waals surface area contributed by atoms with Crippen LogP contribution in [-0.2, 0) is 29.2 Å². The number of amides is 3. The maximum atomic E-state index is 12.8. The largest absolute Gasteiger partial charge is 0.354 e. The molecule has 1 aromatic carbocycles. The Labute approximate surface area is 192 Å². The molecule has 9 heteroatoms. The zero-order chi connectivity index (χ0) is 22.8. The van der Waals surface area contributed by atoms with Crippen LogP contribution >= 0.6 is 0 Å². The molecule has 0 bridgehead atoms. The minimum absolute atomic E-state index is 0.142. The highest BCUT2D eigenvalue weighted by Gasteiger charge is 2.39. The summed E-state index contributed by atoms with van der Waals surface area (Å²) in [5.74, 6) is 0.214. The van der Waals surface area contributed by atoms with Crippen molar-refractivity contribution in [3.8, 4) is 0 Å². The van der Waals surface area contributed by atoms with Crippen molar-refractivity contribution in [1.82, 2.24) is 25.8 Å². The van der Waals surface area contributed by atoms with Crippen LogP contribution in [0.3, 0.4) is 0 Å². The molecule has 0 saturated carbocycles. The molecule has 3 aliphatic rings. The van der Waals surface area contributed by atoms with E-state index in [1.54, 1.807) is 4.90 Å². The topological polar surface area (TPSA) is 107 Å². The lowest BCUT2D eigenvalue weighted by Gasteiger charge is -2.29. The highest BCUT2D eigenvalue weighted by atomic mass is 16.2. The number of carbonyl (C=O) groups excluding carboxylic acids is 3. The molecule has 3 aliphatic heterocycles. The molecule has 2 fully saturated rings. The van der Waals surface area contributed by atoms with E-state index >= 15 is 0 Å². The molecule has 3 amide bonds. The van der Waals surface area contributed by atoms with Gasteiger partial charge in [-0.1, -0.05) is 12.1 Å². The number of imide groups is 1. The van der Waals surface area contributed by atoms with Crippen LogP contribution in [0.2, 0.25) is 0 Å². The summed E-state index contributed by atoms with van der Waals surface area (Å²) in [6.07, 6.45) is 2.50. The Hall–Kier alpha value is -3.30. The number of anilines is 1. The van der Waals surface area contributed by atoms with Gasteiger partial charge >= 0.3 is 0 Å². The molecule has 5 rings (SSSR count). The van der Waals surface area contributed by atoms with Gasteiger partial charge in [0.25, 0.3) is 5.91 Å². The van der Waals surface area contributed by atoms with Crippen LogP contribution in [0.15, 0.2) is 36.5 Å². The molecule has 33 heavy (non-hydrogen) atoms. The Morgan fingerprint density at radius 1 is 1.03 bits per heavy atom. The summed E-state index contributed by atoms with van der Waals surface area (Å²) in [6.45, 7) is 5.68. The third-order valence-electron chi connectivity index (χ3n) is 6.50. The summed E-state index contributed by atoms with van der Waals surface area (Å²) in [6, 6.07) is 9.41. The van der Waals surface area contributed by atoms with Crippen molar-refractivity contribution in [3.63, 3.8) is 0 Å². The molecule has 172 valence electrons. The zero-order valence-electron chi connectivity index (χ0n) is 18.5. The van der Waals surface area contributed by atoms with Crippen LogP contribution < -0.4 is 20.9 Å². The number of aromatic nitrogens is 1. The van der Waals surface area contributed by atoms with Crippen molar-refractivity contribution in [3.05, 3.63) is 58.8 Å². The number of nitrogens with one attached hydrogen (secondary N) is 3. The van der Waals surface area contributed by atoms with Gasteiger partial charge in [0, 0.05) is 64.0 Å². The quantitative estimate of drug-likeness (QED) is 0.554. The number of fused-ring (bicyclic) bond motifs is 1. The maximum absolute atomic E-state index is 12.8. The van der Waals surface area contributed by atoms with E-state index < -0.39 is 6.04 Å². The number of piperazine rings is 1. The number of rotatable bonds is 6. The molecule has 4 heterocycles. The monoisotopic (exact) mass is 448 g/mol. The number of pyridine rings is 1. The molecule has 2 aromatic rings. The van der Waals surface area contributed by atoms with Crippen LogP contribution in [0, 0.1) is 0 Å². The maximum Gasteiger partial charge on any atom is 0.255 e. The Bertz CT molecular complexity index is 1080. The van der Waals surface area contributed by atoms with Crippen LogP contribution in [-0.4, -0.2) is 59.8 Å². The second-order valence-electron chi connectivity index (χ2n) is 8.75. The minimum Gasteiger partial charge on any atom is -0.354 e. The number of carbonyl (C=O) groups is 3. The zero-order valence-corrected chi connectivity index (χ0v) is 18.5. The fraction of sp³-hybridized carbons (Fsp3) is 0.417. The van der Waals surface area contributed by atoms with E-state index in [0.29, 0.717) is 25.1 Å². The summed E-state index contributed by atoms with van der Waals surface area (Å²) in [7, 11) is 0. The first kappa shape index (κ1) is 21.5. The van der Waals surface area contributed by atoms with Gasteiger partial charge in [-0.15, -0.1) is 0 Å². The molecule has 0 aliphatic carbocycles. The third-order valence-corrected chi connectivity index (χ3v) is 6.50. The summed E-state index contributed by atoms with van der Waals surface area (Å²) in [5.41, 5.74) is 3.83. The third kappa shape index (κ3) is 4.60. The molecule has 9 nitrogen and oxygen atoms in total. The van der Waals surface area contributed by atoms with E-state index in [1.165, 1.54) is 5.56 Å². The van der Waals surface area contributed by atoms with Gasteiger partial charge in [0.2, 0.25) is 11.8 Å². The highest BCUT2D eigenvalue weighted by molar-refractivity contribution is 6.05. The van der Waals surface area contributed by atoms with Gasteiger partial charge in [-0.2, -0.15) is 0 Å². The van der Waals surface area contributed by atoms with Crippen molar-refractivity contribution in [2.75, 3.05) is 31.1 Å². The molecule has 0 spiro atoms. The standard InChI is InChI=1S/C24H28N6O3/c31-22-4-3-20(23(32)28-22)30-15-18-11-16(1-2-19(18)24(30)33)13-26-14-17-5-6-27-21(12-17)29-9-7-25-8-10-29/h1-2,5-6,11-12,20,25-26H,3-4,7-10,13-15H2,(H,28,31,32). The van der Waals surface area contributed by atoms with E-state index in [4.69, 9.17) is 0 Å². The molecule has 2 saturated heterocycles. The predicted molar refractivity (Wildman–Crippen MR) is 122 cm³/mol. The molecule has 1 atom stereocenters. The average molecular weight is 449 g/mol. The fourth-order valence-corrected chi connectivity index (χ4v) is 4.73. The molecular formula is C24H28N6O3. The van der Waals surface area contributed by atoms with E-state index in [9.17, 15) is 14.4 Å². The second-order valence-corrected chi connectivity index (χ2v) is 8.75. The first-order valence-electron chi connectivity index (χ1n) is 11.5. The summed E-state index contributed by atoms with van der Waals surface area (Å²) in [5, 5.41) is 9.18. The van der Waals surface area contributed by atoms with Gasteiger partial charge in [0.15, 0.2) is 0 Å². The van der Waals surface area contributed by atoms with Gasteiger partial charge in [0.1, 0.15) is 11.9 Å². The first-order valence-corrected chi connectivity index (χ1v) is 11.5. The molecule has 3 N–H and O–H groups in total. The number of piperidine rings is 1. The lowest BCUT2D eigenvalue weighted by Crippen LogP contribution is -2.52. The number of hydrogen-bond acceptors (Lipinski definition) is 7. The van der Waals surface area contributed by atoms with Crippen LogP contribution in [0.5, 0.6) is 0 Å². The Kier molecular flexibility index (Phi) is 6.06. The lowest BCUT2D eigenvalue weighted by atomic mass is 10.0. The average Bonchev–Trinajstić information content (AvgIpc) is 3.15.